The van der Waals surface area contributed by atoms with E-state index < -0.39 is 108 Å². The van der Waals surface area contributed by atoms with Gasteiger partial charge >= 0.3 is 12.1 Å². The predicted octanol–water partition coefficient (Wildman–Crippen LogP) is 8.29. The number of ether oxygens (including phenoxy) is 14. The van der Waals surface area contributed by atoms with Crippen LogP contribution in [-0.4, -0.2) is 293 Å². The van der Waals surface area contributed by atoms with Gasteiger partial charge in [0.1, 0.15) is 53.8 Å². The first kappa shape index (κ1) is 99.5. The van der Waals surface area contributed by atoms with Crippen LogP contribution in [0, 0.1) is 29.6 Å². The highest BCUT2D eigenvalue weighted by Gasteiger charge is 2.53. The zero-order chi connectivity index (χ0) is 90.1. The molecule has 5 aliphatic rings. The summed E-state index contributed by atoms with van der Waals surface area (Å²) in [4.78, 5) is 114. The van der Waals surface area contributed by atoms with Gasteiger partial charge in [0, 0.05) is 95.9 Å². The number of ketones is 3. The molecule has 1 aliphatic carbocycles. The molecule has 3 fully saturated rings. The molecule has 3 aromatic heterocycles. The van der Waals surface area contributed by atoms with Crippen LogP contribution >= 0.6 is 0 Å². The van der Waals surface area contributed by atoms with Crippen LogP contribution < -0.4 is 16.8 Å². The smallest absolute Gasteiger partial charge is 0.407 e. The minimum Gasteiger partial charge on any atom is -0.459 e. The van der Waals surface area contributed by atoms with Crippen LogP contribution in [-0.2, 0) is 115 Å². The lowest BCUT2D eigenvalue weighted by atomic mass is 9.80. The second kappa shape index (κ2) is 50.9. The Morgan fingerprint density at radius 3 is 2.08 bits per heavy atom. The molecule has 1 saturated carbocycles. The molecule has 2 bridgehead atoms. The number of nitrogens with two attached hydrogens (primary N) is 2. The largest absolute Gasteiger partial charge is 0.459 e. The van der Waals surface area contributed by atoms with Crippen molar-refractivity contribution in [3.8, 4) is 11.3 Å². The van der Waals surface area contributed by atoms with E-state index in [4.69, 9.17) is 87.3 Å². The third kappa shape index (κ3) is 29.2. The first-order valence-corrected chi connectivity index (χ1v) is 44.4. The minimum atomic E-state index is -2.50. The monoisotopic (exact) mass is 1760 g/mol. The van der Waals surface area contributed by atoms with E-state index in [0.29, 0.717) is 180 Å². The van der Waals surface area contributed by atoms with Gasteiger partial charge in [0.25, 0.3) is 17.7 Å². The quantitative estimate of drug-likeness (QED) is 0.0108. The van der Waals surface area contributed by atoms with Gasteiger partial charge in [0.15, 0.2) is 17.0 Å². The molecule has 2 aromatic carbocycles. The number of aliphatic hydroxyl groups excluding tert-OH is 1. The van der Waals surface area contributed by atoms with Crippen molar-refractivity contribution in [2.45, 2.75) is 205 Å². The van der Waals surface area contributed by atoms with Crippen molar-refractivity contribution in [1.82, 2.24) is 39.8 Å². The second-order valence-corrected chi connectivity index (χ2v) is 33.4. The molecular formula is C92H132N10O24. The number of allylic oxidation sites excluding steroid dienone is 6. The molecule has 7 heterocycles. The normalized spacial score (nSPS) is 27.1. The van der Waals surface area contributed by atoms with E-state index >= 15 is 0 Å². The molecule has 7 N–H and O–H groups in total. The maximum atomic E-state index is 14.7. The number of nitrogen functional groups attached to an aromatic ring is 1. The number of aliphatic hydroxyl groups is 2. The Kier molecular flexibility index (Phi) is 40.2. The molecule has 4 aliphatic heterocycles. The number of carbonyl (C=O) groups is 7. The van der Waals surface area contributed by atoms with E-state index in [1.54, 1.807) is 47.1 Å². The molecule has 3 amide bonds. The van der Waals surface area contributed by atoms with Gasteiger partial charge in [-0.05, 0) is 142 Å². The number of hydrogen-bond acceptors (Lipinski definition) is 30. The van der Waals surface area contributed by atoms with Crippen molar-refractivity contribution in [2.75, 3.05) is 152 Å². The standard InChI is InChI=1S/C92H132N10O24/c1-59-15-11-10-12-16-60(2)78(112-7)53-70-23-18-64(6)92(111,126-70)86(107)88(108)101-29-14-13-17-74(101)89(109)123-79(54-75(103)61(3)48-63(5)84(106)85(114-9)83(105)62(4)47-59)72(93)50-65-20-24-77(80(51-65)113-8)125-91(110)96-28-32-116-34-36-118-38-40-120-42-44-122-46-45-121-43-41-119-39-37-117-35-33-115-31-27-81(104)100-30-26-67-49-66(19-21-69(67)57-100)56-102-87-71(55-95-58-97-87)82(99-102)68-22-25-76-73(52-68)98-90(94)124-76/h10-12,15-16,19,21-22,25,48-49,52,55,58-59,61-62,64-65,70,72,74,77-80,84-85,106,111H,13-14,17-18,20,23-24,26-47,50-51,53-54,56-57,93H2,1-9H3,(H2,94,98)(H,96,110)/b12-10+,15-11+,60-16+,63-48+/t59-,61-,62-,64-,65+,70+,72-,74+,77-,78+,79+,80-,84-,85+,92-/m1/s1. The van der Waals surface area contributed by atoms with E-state index in [1.807, 2.05) is 72.0 Å². The number of nitrogens with one attached hydrogen (secondary N) is 1. The third-order valence-electron chi connectivity index (χ3n) is 24.1. The number of anilines is 1. The first-order chi connectivity index (χ1) is 60.9. The van der Waals surface area contributed by atoms with Crippen molar-refractivity contribution in [1.29, 1.82) is 0 Å². The number of rotatable bonds is 37. The lowest BCUT2D eigenvalue weighted by Crippen LogP contribution is -2.61. The van der Waals surface area contributed by atoms with Crippen molar-refractivity contribution in [2.24, 2.45) is 35.3 Å². The maximum Gasteiger partial charge on any atom is 0.407 e. The van der Waals surface area contributed by atoms with Crippen LogP contribution in [0.2, 0.25) is 0 Å². The number of oxazole rings is 1. The summed E-state index contributed by atoms with van der Waals surface area (Å²) in [6, 6.07) is 9.90. The molecule has 694 valence electrons. The van der Waals surface area contributed by atoms with Crippen LogP contribution in [0.5, 0.6) is 0 Å². The van der Waals surface area contributed by atoms with E-state index in [1.165, 1.54) is 26.1 Å². The number of nitrogens with zero attached hydrogens (tertiary/aromatic N) is 7. The molecule has 0 radical (unpaired) electrons. The van der Waals surface area contributed by atoms with Crippen LogP contribution in [0.1, 0.15) is 142 Å². The van der Waals surface area contributed by atoms with Gasteiger partial charge in [0.05, 0.1) is 142 Å². The highest BCUT2D eigenvalue weighted by molar-refractivity contribution is 6.39. The maximum absolute atomic E-state index is 14.7. The molecule has 10 rings (SSSR count). The second-order valence-electron chi connectivity index (χ2n) is 33.4. The summed E-state index contributed by atoms with van der Waals surface area (Å²) in [5, 5.41) is 32.2. The number of amides is 3. The van der Waals surface area contributed by atoms with Crippen molar-refractivity contribution < 1.29 is 115 Å². The van der Waals surface area contributed by atoms with Gasteiger partial charge in [-0.3, -0.25) is 24.0 Å². The zero-order valence-electron chi connectivity index (χ0n) is 74.6. The highest BCUT2D eigenvalue weighted by atomic mass is 16.6. The Morgan fingerprint density at radius 2 is 1.40 bits per heavy atom. The molecular weight excluding hydrogens is 1630 g/mol. The number of piperidine rings is 1. The van der Waals surface area contributed by atoms with Gasteiger partial charge < -0.3 is 108 Å². The fourth-order valence-corrected chi connectivity index (χ4v) is 16.8. The Morgan fingerprint density at radius 1 is 0.722 bits per heavy atom. The number of methoxy groups -OCH3 is 3. The predicted molar refractivity (Wildman–Crippen MR) is 465 cm³/mol. The van der Waals surface area contributed by atoms with Crippen LogP contribution in [0.4, 0.5) is 10.8 Å². The molecule has 34 nitrogen and oxygen atoms in total. The number of benzene rings is 2. The molecule has 15 atom stereocenters. The lowest BCUT2D eigenvalue weighted by molar-refractivity contribution is -0.265. The highest BCUT2D eigenvalue weighted by Crippen LogP contribution is 2.39. The fourth-order valence-electron chi connectivity index (χ4n) is 16.8. The summed E-state index contributed by atoms with van der Waals surface area (Å²) in [7, 11) is 4.44. The number of carbonyl (C=O) groups excluding carboxylic acids is 7. The van der Waals surface area contributed by atoms with Gasteiger partial charge in [-0.25, -0.2) is 24.2 Å². The molecule has 0 spiro atoms. The van der Waals surface area contributed by atoms with Gasteiger partial charge in [0.2, 0.25) is 11.7 Å². The molecule has 34 heteroatoms. The number of fused-ring (bicyclic) bond motifs is 6. The van der Waals surface area contributed by atoms with E-state index in [2.05, 4.69) is 38.5 Å². The Labute approximate surface area is 737 Å². The summed E-state index contributed by atoms with van der Waals surface area (Å²) in [5.41, 5.74) is 21.0. The van der Waals surface area contributed by atoms with Gasteiger partial charge in [-0.15, -0.1) is 0 Å². The topological polar surface area (TPSA) is 429 Å². The fraction of sp³-hybridized carbons (Fsp3) is 0.641. The van der Waals surface area contributed by atoms with E-state index in [9.17, 15) is 43.8 Å². The van der Waals surface area contributed by atoms with Crippen molar-refractivity contribution in [3.05, 3.63) is 113 Å². The van der Waals surface area contributed by atoms with Crippen LogP contribution in [0.25, 0.3) is 33.4 Å². The molecule has 5 aromatic rings. The summed E-state index contributed by atoms with van der Waals surface area (Å²) >= 11 is 0. The average Bonchev–Trinajstić information content (AvgIpc) is 0.952. The lowest BCUT2D eigenvalue weighted by Gasteiger charge is -2.42. The average molecular weight is 1760 g/mol. The molecule has 2 saturated heterocycles. The van der Waals surface area contributed by atoms with E-state index in [-0.39, 0.29) is 87.9 Å². The Bertz CT molecular complexity index is 4460. The molecule has 126 heavy (non-hydrogen) atoms. The first-order valence-electron chi connectivity index (χ1n) is 44.4. The van der Waals surface area contributed by atoms with Crippen LogP contribution in [0.15, 0.2) is 101 Å². The molecule has 0 unspecified atom stereocenters. The van der Waals surface area contributed by atoms with Crippen molar-refractivity contribution in [3.63, 3.8) is 0 Å². The van der Waals surface area contributed by atoms with Gasteiger partial charge in [-0.1, -0.05) is 82.4 Å². The minimum absolute atomic E-state index is 0.00877. The summed E-state index contributed by atoms with van der Waals surface area (Å²) in [6.45, 7) is 18.2. The SMILES string of the molecule is CO[C@H]1C[C@@H]2CC[C@@H](C)[C@@](O)(O2)C(=O)C(=O)N2CCCC[C@H]2C(=O)O[C@H]([C@H](N)C[C@@H]2CC[C@@H](OC(=O)NCCOCCOCCOCCOCCOCCOCCOCCOCCC(=O)N3CCc4cc(Cn5nc(-c6ccc7oc(N)nc7c6)c6cncnc65)ccc4C3)[C@H](OC)C2)CC(=O)[C@H](C)/C=C(\C)[C@@H](O)[C@@H](OC)C(=O)[C@H](C)C[C@H](C)/C=C/C=C/C=C/1C. The number of hydrogen-bond donors (Lipinski definition) is 5. The Balaban J connectivity index is 0.552. The third-order valence-corrected chi connectivity index (χ3v) is 24.1. The van der Waals surface area contributed by atoms with Crippen LogP contribution in [0.3, 0.4) is 0 Å². The number of esters is 1. The summed E-state index contributed by atoms with van der Waals surface area (Å²) in [5.74, 6) is -8.64. The van der Waals surface area contributed by atoms with Crippen molar-refractivity contribution >= 4 is 69.4 Å². The van der Waals surface area contributed by atoms with E-state index in [0.717, 1.165) is 50.3 Å². The Hall–Kier alpha value is -8.69. The number of aromatic nitrogens is 5. The summed E-state index contributed by atoms with van der Waals surface area (Å²) in [6.07, 6.45) is 12.5. The number of alkyl carbamates (subject to hydrolysis) is 1. The van der Waals surface area contributed by atoms with Gasteiger partial charge in [-0.2, -0.15) is 10.1 Å². The number of cyclic esters (lactones) is 1. The summed E-state index contributed by atoms with van der Waals surface area (Å²) < 4.78 is 88.1. The zero-order valence-corrected chi connectivity index (χ0v) is 74.6. The number of Topliss-reactive ketones (excluding diaryl/α,β-unsaturated/α-hetero) is 3.